The van der Waals surface area contributed by atoms with E-state index in [1.807, 2.05) is 13.8 Å². The number of amides is 1. The van der Waals surface area contributed by atoms with Crippen LogP contribution in [0.5, 0.6) is 5.75 Å². The molecule has 20 heavy (non-hydrogen) atoms. The van der Waals surface area contributed by atoms with Gasteiger partial charge < -0.3 is 15.1 Å². The number of aromatic hydroxyl groups is 1. The topological polar surface area (TPSA) is 77.8 Å². The summed E-state index contributed by atoms with van der Waals surface area (Å²) in [6.07, 6.45) is 0.595. The van der Waals surface area contributed by atoms with Gasteiger partial charge >= 0.3 is 5.97 Å². The maximum absolute atomic E-state index is 12.1. The molecule has 0 aliphatic rings. The molecule has 2 N–H and O–H groups in total. The lowest BCUT2D eigenvalue weighted by Gasteiger charge is -2.22. The molecule has 0 unspecified atom stereocenters. The number of hydrogen-bond acceptors (Lipinski definition) is 3. The summed E-state index contributed by atoms with van der Waals surface area (Å²) in [5.41, 5.74) is 0.695. The lowest BCUT2D eigenvalue weighted by atomic mass is 10.1. The first-order valence-corrected chi connectivity index (χ1v) is 6.66. The summed E-state index contributed by atoms with van der Waals surface area (Å²) >= 11 is 0. The van der Waals surface area contributed by atoms with Crippen molar-refractivity contribution < 1.29 is 19.8 Å². The molecule has 0 aliphatic carbocycles. The highest BCUT2D eigenvalue weighted by Crippen LogP contribution is 2.17. The van der Waals surface area contributed by atoms with Crippen molar-refractivity contribution in [2.75, 3.05) is 13.1 Å². The van der Waals surface area contributed by atoms with Crippen LogP contribution in [0.4, 0.5) is 0 Å². The average molecular weight is 279 g/mol. The molecule has 1 rings (SSSR count). The molecule has 0 aromatic heterocycles. The second-order valence-corrected chi connectivity index (χ2v) is 5.19. The van der Waals surface area contributed by atoms with Crippen molar-refractivity contribution >= 4 is 11.9 Å². The van der Waals surface area contributed by atoms with Crippen LogP contribution in [0.25, 0.3) is 0 Å². The van der Waals surface area contributed by atoms with Crippen LogP contribution < -0.4 is 0 Å². The molecule has 0 atom stereocenters. The minimum atomic E-state index is -1.01. The lowest BCUT2D eigenvalue weighted by Crippen LogP contribution is -2.38. The van der Waals surface area contributed by atoms with Crippen LogP contribution in [0.15, 0.2) is 24.3 Å². The van der Waals surface area contributed by atoms with Crippen molar-refractivity contribution in [3.8, 4) is 5.75 Å². The van der Waals surface area contributed by atoms with E-state index in [2.05, 4.69) is 0 Å². The molecule has 5 nitrogen and oxygen atoms in total. The molecular weight excluding hydrogens is 258 g/mol. The lowest BCUT2D eigenvalue weighted by molar-refractivity contribution is -0.144. The second-order valence-electron chi connectivity index (χ2n) is 5.19. The number of hydrogen-bond donors (Lipinski definition) is 2. The SMILES string of the molecule is CC(C)CN(CC(=O)O)C(=O)CCc1ccccc1O. The van der Waals surface area contributed by atoms with Crippen molar-refractivity contribution in [3.63, 3.8) is 0 Å². The van der Waals surface area contributed by atoms with Crippen LogP contribution in [0.2, 0.25) is 0 Å². The number of aliphatic carboxylic acids is 1. The van der Waals surface area contributed by atoms with Gasteiger partial charge in [0.05, 0.1) is 0 Å². The summed E-state index contributed by atoms with van der Waals surface area (Å²) in [6, 6.07) is 6.84. The number of carboxylic acids is 1. The normalized spacial score (nSPS) is 10.6. The Morgan fingerprint density at radius 1 is 1.25 bits per heavy atom. The molecule has 0 aliphatic heterocycles. The smallest absolute Gasteiger partial charge is 0.323 e. The van der Waals surface area contributed by atoms with Gasteiger partial charge in [0.1, 0.15) is 12.3 Å². The number of carbonyl (C=O) groups is 2. The monoisotopic (exact) mass is 279 g/mol. The van der Waals surface area contributed by atoms with E-state index in [4.69, 9.17) is 5.11 Å². The fourth-order valence-corrected chi connectivity index (χ4v) is 1.98. The predicted molar refractivity (Wildman–Crippen MR) is 75.5 cm³/mol. The first-order chi connectivity index (χ1) is 9.40. The van der Waals surface area contributed by atoms with Crippen LogP contribution in [-0.2, 0) is 16.0 Å². The van der Waals surface area contributed by atoms with Crippen molar-refractivity contribution in [2.24, 2.45) is 5.92 Å². The first kappa shape index (κ1) is 16.0. The number of para-hydroxylation sites is 1. The standard InChI is InChI=1S/C15H21NO4/c1-11(2)9-16(10-15(19)20)14(18)8-7-12-5-3-4-6-13(12)17/h3-6,11,17H,7-10H2,1-2H3,(H,19,20). The third-order valence-corrected chi connectivity index (χ3v) is 2.86. The number of rotatable bonds is 7. The van der Waals surface area contributed by atoms with Gasteiger partial charge in [0.15, 0.2) is 0 Å². The van der Waals surface area contributed by atoms with Crippen molar-refractivity contribution in [1.82, 2.24) is 4.90 Å². The molecule has 0 fully saturated rings. The van der Waals surface area contributed by atoms with Gasteiger partial charge in [-0.25, -0.2) is 0 Å². The van der Waals surface area contributed by atoms with Crippen LogP contribution in [0.3, 0.4) is 0 Å². The van der Waals surface area contributed by atoms with Gasteiger partial charge in [0.2, 0.25) is 5.91 Å². The Kier molecular flexibility index (Phi) is 6.03. The third kappa shape index (κ3) is 5.30. The number of benzene rings is 1. The molecule has 110 valence electrons. The largest absolute Gasteiger partial charge is 0.508 e. The maximum atomic E-state index is 12.1. The van der Waals surface area contributed by atoms with Gasteiger partial charge in [-0.15, -0.1) is 0 Å². The van der Waals surface area contributed by atoms with E-state index in [0.717, 1.165) is 0 Å². The molecule has 5 heteroatoms. The minimum absolute atomic E-state index is 0.161. The number of carboxylic acid groups (broad SMARTS) is 1. The molecule has 0 radical (unpaired) electrons. The van der Waals surface area contributed by atoms with E-state index in [-0.39, 0.29) is 30.5 Å². The summed E-state index contributed by atoms with van der Waals surface area (Å²) in [7, 11) is 0. The minimum Gasteiger partial charge on any atom is -0.508 e. The van der Waals surface area contributed by atoms with Crippen LogP contribution in [0, 0.1) is 5.92 Å². The van der Waals surface area contributed by atoms with E-state index in [0.29, 0.717) is 18.5 Å². The molecule has 1 amide bonds. The Morgan fingerprint density at radius 3 is 2.45 bits per heavy atom. The number of aryl methyl sites for hydroxylation is 1. The van der Waals surface area contributed by atoms with Gasteiger partial charge in [0.25, 0.3) is 0 Å². The summed E-state index contributed by atoms with van der Waals surface area (Å²) < 4.78 is 0. The number of carbonyl (C=O) groups excluding carboxylic acids is 1. The summed E-state index contributed by atoms with van der Waals surface area (Å²) in [6.45, 7) is 4.01. The molecule has 0 saturated carbocycles. The zero-order valence-electron chi connectivity index (χ0n) is 11.9. The molecule has 0 saturated heterocycles. The quantitative estimate of drug-likeness (QED) is 0.799. The Hall–Kier alpha value is -2.04. The molecular formula is C15H21NO4. The van der Waals surface area contributed by atoms with Crippen LogP contribution in [-0.4, -0.2) is 40.1 Å². The maximum Gasteiger partial charge on any atom is 0.323 e. The Labute approximate surface area is 118 Å². The fourth-order valence-electron chi connectivity index (χ4n) is 1.98. The second kappa shape index (κ2) is 7.53. The van der Waals surface area contributed by atoms with Crippen LogP contribution >= 0.6 is 0 Å². The van der Waals surface area contributed by atoms with Gasteiger partial charge in [0, 0.05) is 13.0 Å². The number of phenolic OH excluding ortho intramolecular Hbond substituents is 1. The van der Waals surface area contributed by atoms with Gasteiger partial charge in [-0.1, -0.05) is 32.0 Å². The van der Waals surface area contributed by atoms with E-state index >= 15 is 0 Å². The highest BCUT2D eigenvalue weighted by Gasteiger charge is 2.18. The Bertz CT molecular complexity index is 471. The van der Waals surface area contributed by atoms with Crippen molar-refractivity contribution in [1.29, 1.82) is 0 Å². The van der Waals surface area contributed by atoms with Crippen molar-refractivity contribution in [3.05, 3.63) is 29.8 Å². The predicted octanol–water partition coefficient (Wildman–Crippen LogP) is 1.89. The number of phenols is 1. The average Bonchev–Trinajstić information content (AvgIpc) is 2.35. The van der Waals surface area contributed by atoms with Gasteiger partial charge in [-0.2, -0.15) is 0 Å². The molecule has 0 bridgehead atoms. The number of nitrogens with zero attached hydrogens (tertiary/aromatic N) is 1. The zero-order chi connectivity index (χ0) is 15.1. The highest BCUT2D eigenvalue weighted by atomic mass is 16.4. The Morgan fingerprint density at radius 2 is 1.90 bits per heavy atom. The Balaban J connectivity index is 2.62. The van der Waals surface area contributed by atoms with Gasteiger partial charge in [-0.05, 0) is 24.0 Å². The zero-order valence-corrected chi connectivity index (χ0v) is 11.9. The fraction of sp³-hybridized carbons (Fsp3) is 0.467. The van der Waals surface area contributed by atoms with Crippen LogP contribution in [0.1, 0.15) is 25.8 Å². The molecule has 0 heterocycles. The van der Waals surface area contributed by atoms with E-state index in [1.54, 1.807) is 24.3 Å². The highest BCUT2D eigenvalue weighted by molar-refractivity contribution is 5.81. The summed E-state index contributed by atoms with van der Waals surface area (Å²) in [4.78, 5) is 24.2. The van der Waals surface area contributed by atoms with E-state index < -0.39 is 5.97 Å². The molecule has 1 aromatic rings. The summed E-state index contributed by atoms with van der Waals surface area (Å²) in [5, 5.41) is 18.5. The summed E-state index contributed by atoms with van der Waals surface area (Å²) in [5.74, 6) is -0.844. The first-order valence-electron chi connectivity index (χ1n) is 6.66. The van der Waals surface area contributed by atoms with Crippen molar-refractivity contribution in [2.45, 2.75) is 26.7 Å². The van der Waals surface area contributed by atoms with E-state index in [1.165, 1.54) is 4.90 Å². The third-order valence-electron chi connectivity index (χ3n) is 2.86. The molecule has 0 spiro atoms. The van der Waals surface area contributed by atoms with Gasteiger partial charge in [-0.3, -0.25) is 9.59 Å². The van der Waals surface area contributed by atoms with E-state index in [9.17, 15) is 14.7 Å². The molecule has 1 aromatic carbocycles.